The maximum Gasteiger partial charge on any atom is 0.344 e. The first-order chi connectivity index (χ1) is 10.7. The number of ether oxygens (including phenoxy) is 1. The number of esters is 1. The summed E-state index contributed by atoms with van der Waals surface area (Å²) in [5.41, 5.74) is 0.827. The first kappa shape index (κ1) is 16.6. The van der Waals surface area contributed by atoms with Crippen molar-refractivity contribution in [2.75, 3.05) is 6.26 Å². The van der Waals surface area contributed by atoms with Gasteiger partial charge in [0.1, 0.15) is 0 Å². The molecule has 120 valence electrons. The van der Waals surface area contributed by atoms with Gasteiger partial charge < -0.3 is 4.74 Å². The van der Waals surface area contributed by atoms with E-state index in [1.807, 2.05) is 4.72 Å². The lowest BCUT2D eigenvalue weighted by molar-refractivity contribution is 0.0727. The fraction of sp³-hybridized carbons (Fsp3) is 0.133. The second-order valence-corrected chi connectivity index (χ2v) is 6.54. The Kier molecular flexibility index (Phi) is 4.75. The maximum atomic E-state index is 12.1. The maximum absolute atomic E-state index is 12.1. The van der Waals surface area contributed by atoms with E-state index in [0.29, 0.717) is 5.69 Å². The van der Waals surface area contributed by atoms with E-state index >= 15 is 0 Å². The molecule has 0 saturated heterocycles. The van der Waals surface area contributed by atoms with Gasteiger partial charge in [-0.15, -0.1) is 0 Å². The minimum Gasteiger partial charge on any atom is -0.404 e. The van der Waals surface area contributed by atoms with Crippen LogP contribution in [0.5, 0.6) is 5.88 Å². The first-order valence-corrected chi connectivity index (χ1v) is 8.42. The van der Waals surface area contributed by atoms with Crippen molar-refractivity contribution in [3.63, 3.8) is 0 Å². The van der Waals surface area contributed by atoms with E-state index in [9.17, 15) is 18.0 Å². The molecule has 0 aliphatic heterocycles. The van der Waals surface area contributed by atoms with Gasteiger partial charge in [-0.25, -0.2) is 22.9 Å². The van der Waals surface area contributed by atoms with Crippen LogP contribution >= 0.6 is 0 Å². The molecule has 0 saturated carbocycles. The lowest BCUT2D eigenvalue weighted by Crippen LogP contribution is -2.29. The van der Waals surface area contributed by atoms with Gasteiger partial charge in [0, 0.05) is 17.3 Å². The zero-order valence-corrected chi connectivity index (χ0v) is 13.3. The zero-order chi connectivity index (χ0) is 17.0. The van der Waals surface area contributed by atoms with Gasteiger partial charge in [0.25, 0.3) is 5.91 Å². The summed E-state index contributed by atoms with van der Waals surface area (Å²) in [5.74, 6) is -1.38. The van der Waals surface area contributed by atoms with Crippen LogP contribution in [0.3, 0.4) is 0 Å². The number of sulfonamides is 1. The number of benzene rings is 1. The molecule has 0 atom stereocenters. The molecule has 0 spiro atoms. The van der Waals surface area contributed by atoms with Crippen LogP contribution in [0.4, 0.5) is 0 Å². The van der Waals surface area contributed by atoms with Crippen LogP contribution in [-0.4, -0.2) is 31.5 Å². The molecule has 1 amide bonds. The van der Waals surface area contributed by atoms with E-state index in [1.165, 1.54) is 30.3 Å². The topological polar surface area (TPSA) is 102 Å². The van der Waals surface area contributed by atoms with Crippen molar-refractivity contribution in [2.24, 2.45) is 0 Å². The number of aryl methyl sites for hydroxylation is 1. The molecule has 1 aromatic heterocycles. The van der Waals surface area contributed by atoms with Gasteiger partial charge >= 0.3 is 5.97 Å². The Morgan fingerprint density at radius 3 is 2.39 bits per heavy atom. The average molecular weight is 334 g/mol. The van der Waals surface area contributed by atoms with Crippen molar-refractivity contribution in [1.29, 1.82) is 0 Å². The predicted octanol–water partition coefficient (Wildman–Crippen LogP) is 1.30. The quantitative estimate of drug-likeness (QED) is 0.846. The minimum absolute atomic E-state index is 0.0297. The number of aromatic nitrogens is 1. The fourth-order valence-electron chi connectivity index (χ4n) is 1.74. The molecule has 0 bridgehead atoms. The highest BCUT2D eigenvalue weighted by atomic mass is 32.2. The van der Waals surface area contributed by atoms with Gasteiger partial charge in [0.05, 0.1) is 11.8 Å². The number of nitrogens with zero attached hydrogens (tertiary/aromatic N) is 1. The van der Waals surface area contributed by atoms with Crippen LogP contribution in [0.15, 0.2) is 42.5 Å². The molecular formula is C15H14N2O5S. The third-order valence-electron chi connectivity index (χ3n) is 2.70. The molecule has 1 aromatic carbocycles. The first-order valence-electron chi connectivity index (χ1n) is 6.52. The number of pyridine rings is 1. The SMILES string of the molecule is Cc1cccc(OC(=O)c2cccc(C(=O)NS(C)(=O)=O)c2)n1. The number of hydrogen-bond donors (Lipinski definition) is 1. The van der Waals surface area contributed by atoms with Crippen molar-refractivity contribution in [3.8, 4) is 5.88 Å². The highest BCUT2D eigenvalue weighted by Crippen LogP contribution is 2.12. The summed E-state index contributed by atoms with van der Waals surface area (Å²) in [6.45, 7) is 1.76. The minimum atomic E-state index is -3.68. The van der Waals surface area contributed by atoms with Gasteiger partial charge in [0.2, 0.25) is 15.9 Å². The van der Waals surface area contributed by atoms with Gasteiger partial charge in [-0.1, -0.05) is 12.1 Å². The van der Waals surface area contributed by atoms with Crippen LogP contribution in [0, 0.1) is 6.92 Å². The molecule has 23 heavy (non-hydrogen) atoms. The number of nitrogens with one attached hydrogen (secondary N) is 1. The number of carbonyl (C=O) groups is 2. The zero-order valence-electron chi connectivity index (χ0n) is 12.4. The third kappa shape index (κ3) is 4.89. The highest BCUT2D eigenvalue weighted by molar-refractivity contribution is 7.89. The summed E-state index contributed by atoms with van der Waals surface area (Å²) in [6.07, 6.45) is 0.867. The summed E-state index contributed by atoms with van der Waals surface area (Å²) in [5, 5.41) is 0. The van der Waals surface area contributed by atoms with E-state index in [-0.39, 0.29) is 17.0 Å². The number of carbonyl (C=O) groups excluding carboxylic acids is 2. The molecule has 0 aliphatic rings. The van der Waals surface area contributed by atoms with Crippen LogP contribution < -0.4 is 9.46 Å². The molecule has 0 aliphatic carbocycles. The van der Waals surface area contributed by atoms with Crippen LogP contribution in [0.2, 0.25) is 0 Å². The summed E-state index contributed by atoms with van der Waals surface area (Å²) >= 11 is 0. The fourth-order valence-corrected chi connectivity index (χ4v) is 2.20. The molecular weight excluding hydrogens is 320 g/mol. The second-order valence-electron chi connectivity index (χ2n) is 4.79. The Hall–Kier alpha value is -2.74. The van der Waals surface area contributed by atoms with Crippen molar-refractivity contribution >= 4 is 21.9 Å². The summed E-state index contributed by atoms with van der Waals surface area (Å²) < 4.78 is 29.1. The van der Waals surface area contributed by atoms with Crippen molar-refractivity contribution in [3.05, 3.63) is 59.3 Å². The molecule has 7 nitrogen and oxygen atoms in total. The van der Waals surface area contributed by atoms with Crippen molar-refractivity contribution in [1.82, 2.24) is 9.71 Å². The Balaban J connectivity index is 2.19. The summed E-state index contributed by atoms with van der Waals surface area (Å²) in [4.78, 5) is 27.9. The van der Waals surface area contributed by atoms with Crippen LogP contribution in [-0.2, 0) is 10.0 Å². The van der Waals surface area contributed by atoms with E-state index in [4.69, 9.17) is 4.74 Å². The van der Waals surface area contributed by atoms with E-state index in [1.54, 1.807) is 19.1 Å². The Labute approximate surface area is 133 Å². The van der Waals surface area contributed by atoms with Gasteiger partial charge in [-0.2, -0.15) is 0 Å². The molecule has 8 heteroatoms. The van der Waals surface area contributed by atoms with Gasteiger partial charge in [-0.3, -0.25) is 4.79 Å². The molecule has 1 heterocycles. The van der Waals surface area contributed by atoms with Crippen LogP contribution in [0.1, 0.15) is 26.4 Å². The average Bonchev–Trinajstić information content (AvgIpc) is 2.45. The predicted molar refractivity (Wildman–Crippen MR) is 82.7 cm³/mol. The smallest absolute Gasteiger partial charge is 0.344 e. The highest BCUT2D eigenvalue weighted by Gasteiger charge is 2.15. The van der Waals surface area contributed by atoms with Crippen LogP contribution in [0.25, 0.3) is 0 Å². The Morgan fingerprint density at radius 2 is 1.74 bits per heavy atom. The van der Waals surface area contributed by atoms with Gasteiger partial charge in [-0.05, 0) is 31.2 Å². The Morgan fingerprint density at radius 1 is 1.09 bits per heavy atom. The lowest BCUT2D eigenvalue weighted by Gasteiger charge is -2.06. The van der Waals surface area contributed by atoms with E-state index in [0.717, 1.165) is 6.26 Å². The normalized spacial score (nSPS) is 10.9. The number of hydrogen-bond acceptors (Lipinski definition) is 6. The van der Waals surface area contributed by atoms with E-state index in [2.05, 4.69) is 4.98 Å². The molecule has 1 N–H and O–H groups in total. The number of amides is 1. The number of rotatable bonds is 4. The lowest BCUT2D eigenvalue weighted by atomic mass is 10.1. The molecule has 2 aromatic rings. The Bertz CT molecular complexity index is 862. The summed E-state index contributed by atoms with van der Waals surface area (Å²) in [6, 6.07) is 10.5. The van der Waals surface area contributed by atoms with Crippen molar-refractivity contribution < 1.29 is 22.7 Å². The summed E-state index contributed by atoms with van der Waals surface area (Å²) in [7, 11) is -3.68. The van der Waals surface area contributed by atoms with Gasteiger partial charge in [0.15, 0.2) is 0 Å². The molecule has 0 fully saturated rings. The third-order valence-corrected chi connectivity index (χ3v) is 3.25. The molecule has 0 radical (unpaired) electrons. The standard InChI is InChI=1S/C15H14N2O5S/c1-10-5-3-8-13(16-10)22-15(19)12-7-4-6-11(9-12)14(18)17-23(2,20)21/h3-9H,1-2H3,(H,17,18). The monoisotopic (exact) mass is 334 g/mol. The van der Waals surface area contributed by atoms with Crippen molar-refractivity contribution in [2.45, 2.75) is 6.92 Å². The largest absolute Gasteiger partial charge is 0.404 e. The molecule has 0 unspecified atom stereocenters. The second kappa shape index (κ2) is 6.57. The molecule has 2 rings (SSSR count). The van der Waals surface area contributed by atoms with E-state index < -0.39 is 21.9 Å².